The molecule has 1 aromatic rings. The Morgan fingerprint density at radius 3 is 2.71 bits per heavy atom. The third-order valence-corrected chi connectivity index (χ3v) is 3.80. The number of hydrogen-bond acceptors (Lipinski definition) is 3. The average molecular weight is 255 g/mol. The van der Waals surface area contributed by atoms with E-state index in [4.69, 9.17) is 5.11 Å². The van der Waals surface area contributed by atoms with Crippen molar-refractivity contribution in [3.8, 4) is 0 Å². The molecule has 0 radical (unpaired) electrons. The van der Waals surface area contributed by atoms with Gasteiger partial charge in [-0.25, -0.2) is 0 Å². The summed E-state index contributed by atoms with van der Waals surface area (Å²) in [6, 6.07) is 2.58. The molecule has 1 heterocycles. The van der Waals surface area contributed by atoms with E-state index in [0.717, 1.165) is 19.4 Å². The maximum absolute atomic E-state index is 10.3. The summed E-state index contributed by atoms with van der Waals surface area (Å²) < 4.78 is 0. The van der Waals surface area contributed by atoms with Crippen LogP contribution in [0.1, 0.15) is 47.5 Å². The van der Waals surface area contributed by atoms with Gasteiger partial charge in [0.2, 0.25) is 0 Å². The maximum Gasteiger partial charge on any atom is 0.303 e. The molecule has 96 valence electrons. The number of nitrogens with one attached hydrogen (secondary N) is 1. The van der Waals surface area contributed by atoms with Gasteiger partial charge in [-0.05, 0) is 51.8 Å². The number of rotatable bonds is 7. The van der Waals surface area contributed by atoms with Gasteiger partial charge < -0.3 is 10.4 Å². The zero-order valence-corrected chi connectivity index (χ0v) is 11.6. The van der Waals surface area contributed by atoms with Crippen LogP contribution < -0.4 is 5.32 Å². The van der Waals surface area contributed by atoms with Gasteiger partial charge in [-0.15, -0.1) is 11.3 Å². The van der Waals surface area contributed by atoms with Crippen LogP contribution in [0.15, 0.2) is 6.07 Å². The summed E-state index contributed by atoms with van der Waals surface area (Å²) in [5, 5.41) is 12.0. The van der Waals surface area contributed by atoms with Gasteiger partial charge in [-0.3, -0.25) is 4.79 Å². The van der Waals surface area contributed by atoms with Crippen LogP contribution in [0.4, 0.5) is 0 Å². The van der Waals surface area contributed by atoms with Gasteiger partial charge in [0.1, 0.15) is 0 Å². The molecule has 1 aromatic heterocycles. The van der Waals surface area contributed by atoms with Gasteiger partial charge in [0.15, 0.2) is 0 Å². The normalized spacial score (nSPS) is 12.6. The van der Waals surface area contributed by atoms with Crippen molar-refractivity contribution in [2.45, 2.75) is 46.1 Å². The van der Waals surface area contributed by atoms with Crippen molar-refractivity contribution in [1.82, 2.24) is 5.32 Å². The first-order valence-corrected chi connectivity index (χ1v) is 6.84. The predicted octanol–water partition coefficient (Wildman–Crippen LogP) is 3.27. The van der Waals surface area contributed by atoms with E-state index in [9.17, 15) is 4.79 Å². The number of aryl methyl sites for hydroxylation is 2. The lowest BCUT2D eigenvalue weighted by Gasteiger charge is -2.13. The summed E-state index contributed by atoms with van der Waals surface area (Å²) in [6.07, 6.45) is 1.93. The first-order chi connectivity index (χ1) is 8.00. The van der Waals surface area contributed by atoms with Crippen LogP contribution in [0.3, 0.4) is 0 Å². The lowest BCUT2D eigenvalue weighted by Crippen LogP contribution is -2.20. The summed E-state index contributed by atoms with van der Waals surface area (Å²) in [4.78, 5) is 13.1. The first kappa shape index (κ1) is 14.2. The fourth-order valence-corrected chi connectivity index (χ4v) is 2.93. The second-order valence-corrected chi connectivity index (χ2v) is 5.86. The van der Waals surface area contributed by atoms with E-state index in [1.165, 1.54) is 15.3 Å². The third-order valence-electron chi connectivity index (χ3n) is 2.81. The predicted molar refractivity (Wildman–Crippen MR) is 71.7 cm³/mol. The molecule has 0 bridgehead atoms. The molecule has 0 aliphatic rings. The Hall–Kier alpha value is -0.870. The van der Waals surface area contributed by atoms with Gasteiger partial charge in [-0.1, -0.05) is 0 Å². The summed E-state index contributed by atoms with van der Waals surface area (Å²) in [6.45, 7) is 7.31. The molecule has 0 aliphatic carbocycles. The van der Waals surface area contributed by atoms with Gasteiger partial charge in [0, 0.05) is 22.2 Å². The van der Waals surface area contributed by atoms with E-state index >= 15 is 0 Å². The molecule has 0 saturated heterocycles. The number of thiophene rings is 1. The van der Waals surface area contributed by atoms with E-state index in [1.807, 2.05) is 11.3 Å². The molecule has 0 aliphatic heterocycles. The number of carboxylic acids is 1. The van der Waals surface area contributed by atoms with Gasteiger partial charge in [0.25, 0.3) is 0 Å². The van der Waals surface area contributed by atoms with Crippen molar-refractivity contribution in [3.05, 3.63) is 21.4 Å². The minimum absolute atomic E-state index is 0.270. The molecular formula is C13H21NO2S. The Bertz CT molecular complexity index is 373. The fourth-order valence-electron chi connectivity index (χ4n) is 1.91. The Labute approximate surface area is 107 Å². The van der Waals surface area contributed by atoms with Gasteiger partial charge >= 0.3 is 5.97 Å². The van der Waals surface area contributed by atoms with Crippen LogP contribution in [0.5, 0.6) is 0 Å². The lowest BCUT2D eigenvalue weighted by molar-refractivity contribution is -0.137. The van der Waals surface area contributed by atoms with E-state index in [-0.39, 0.29) is 6.42 Å². The molecule has 4 heteroatoms. The minimum Gasteiger partial charge on any atom is -0.481 e. The Morgan fingerprint density at radius 1 is 1.47 bits per heavy atom. The monoisotopic (exact) mass is 255 g/mol. The highest BCUT2D eigenvalue weighted by Gasteiger charge is 2.10. The minimum atomic E-state index is -0.706. The summed E-state index contributed by atoms with van der Waals surface area (Å²) >= 11 is 1.83. The van der Waals surface area contributed by atoms with Crippen molar-refractivity contribution < 1.29 is 9.90 Å². The van der Waals surface area contributed by atoms with Crippen LogP contribution >= 0.6 is 11.3 Å². The van der Waals surface area contributed by atoms with Crippen molar-refractivity contribution >= 4 is 17.3 Å². The molecule has 2 N–H and O–H groups in total. The molecular weight excluding hydrogens is 234 g/mol. The maximum atomic E-state index is 10.3. The SMILES string of the molecule is Cc1cc(C(C)NCCCCC(=O)O)c(C)s1. The van der Waals surface area contributed by atoms with Crippen LogP contribution in [0.2, 0.25) is 0 Å². The fraction of sp³-hybridized carbons (Fsp3) is 0.615. The largest absolute Gasteiger partial charge is 0.481 e. The van der Waals surface area contributed by atoms with Gasteiger partial charge in [0.05, 0.1) is 0 Å². The standard InChI is InChI=1S/C13H21NO2S/c1-9-8-12(11(3)17-9)10(2)14-7-5-4-6-13(15)16/h8,10,14H,4-7H2,1-3H3,(H,15,16). The quantitative estimate of drug-likeness (QED) is 0.735. The number of aliphatic carboxylic acids is 1. The molecule has 0 aromatic carbocycles. The van der Waals surface area contributed by atoms with Crippen molar-refractivity contribution in [2.75, 3.05) is 6.54 Å². The van der Waals surface area contributed by atoms with Crippen molar-refractivity contribution in [1.29, 1.82) is 0 Å². The molecule has 3 nitrogen and oxygen atoms in total. The molecule has 1 atom stereocenters. The zero-order valence-electron chi connectivity index (χ0n) is 10.7. The van der Waals surface area contributed by atoms with E-state index in [1.54, 1.807) is 0 Å². The van der Waals surface area contributed by atoms with Crippen molar-refractivity contribution in [3.63, 3.8) is 0 Å². The lowest BCUT2D eigenvalue weighted by atomic mass is 10.1. The smallest absolute Gasteiger partial charge is 0.303 e. The molecule has 0 spiro atoms. The first-order valence-electron chi connectivity index (χ1n) is 6.03. The Kier molecular flexibility index (Phi) is 5.65. The van der Waals surface area contributed by atoms with E-state index in [0.29, 0.717) is 6.04 Å². The molecule has 0 saturated carbocycles. The Morgan fingerprint density at radius 2 is 2.18 bits per heavy atom. The van der Waals surface area contributed by atoms with Crippen molar-refractivity contribution in [2.24, 2.45) is 0 Å². The Balaban J connectivity index is 2.28. The highest BCUT2D eigenvalue weighted by molar-refractivity contribution is 7.12. The number of carboxylic acid groups (broad SMARTS) is 1. The summed E-state index contributed by atoms with van der Waals surface area (Å²) in [5.74, 6) is -0.706. The molecule has 1 rings (SSSR count). The van der Waals surface area contributed by atoms with Crippen LogP contribution in [0.25, 0.3) is 0 Å². The molecule has 1 unspecified atom stereocenters. The average Bonchev–Trinajstić information content (AvgIpc) is 2.56. The highest BCUT2D eigenvalue weighted by atomic mass is 32.1. The highest BCUT2D eigenvalue weighted by Crippen LogP contribution is 2.25. The van der Waals surface area contributed by atoms with E-state index in [2.05, 4.69) is 32.2 Å². The second kappa shape index (κ2) is 6.77. The van der Waals surface area contributed by atoms with E-state index < -0.39 is 5.97 Å². The third kappa shape index (κ3) is 4.88. The van der Waals surface area contributed by atoms with Crippen LogP contribution in [-0.4, -0.2) is 17.6 Å². The molecule has 17 heavy (non-hydrogen) atoms. The van der Waals surface area contributed by atoms with Crippen LogP contribution in [0, 0.1) is 13.8 Å². The topological polar surface area (TPSA) is 49.3 Å². The second-order valence-electron chi connectivity index (χ2n) is 4.40. The number of unbranched alkanes of at least 4 members (excludes halogenated alkanes) is 1. The number of hydrogen-bond donors (Lipinski definition) is 2. The summed E-state index contributed by atoms with van der Waals surface area (Å²) in [5.41, 5.74) is 1.37. The molecule has 0 amide bonds. The van der Waals surface area contributed by atoms with Crippen LogP contribution in [-0.2, 0) is 4.79 Å². The molecule has 0 fully saturated rings. The zero-order chi connectivity index (χ0) is 12.8. The number of carbonyl (C=O) groups is 1. The van der Waals surface area contributed by atoms with Gasteiger partial charge in [-0.2, -0.15) is 0 Å². The summed E-state index contributed by atoms with van der Waals surface area (Å²) in [7, 11) is 0.